The Hall–Kier alpha value is -3.69. The van der Waals surface area contributed by atoms with Crippen molar-refractivity contribution in [2.45, 2.75) is 11.8 Å². The molecule has 7 nitrogen and oxygen atoms in total. The molecule has 4 rings (SSSR count). The molecule has 0 aliphatic carbocycles. The van der Waals surface area contributed by atoms with Crippen LogP contribution in [0.25, 0.3) is 10.8 Å². The van der Waals surface area contributed by atoms with E-state index < -0.39 is 11.9 Å². The second-order valence-electron chi connectivity index (χ2n) is 7.13. The lowest BCUT2D eigenvalue weighted by atomic mass is 9.98. The van der Waals surface area contributed by atoms with Crippen LogP contribution in [0.4, 0.5) is 10.8 Å². The Kier molecular flexibility index (Phi) is 6.71. The predicted octanol–water partition coefficient (Wildman–Crippen LogP) is 5.29. The number of carboxylic acid groups (broad SMARTS) is 1. The quantitative estimate of drug-likeness (QED) is 0.312. The molecule has 166 valence electrons. The molecule has 0 unspecified atom stereocenters. The van der Waals surface area contributed by atoms with Gasteiger partial charge in [0.1, 0.15) is 0 Å². The lowest BCUT2D eigenvalue weighted by Gasteiger charge is -2.11. The number of fused-ring (bicyclic) bond motifs is 1. The maximum Gasteiger partial charge on any atom is 0.336 e. The number of nitrogens with zero attached hydrogens (tertiary/aromatic N) is 1. The van der Waals surface area contributed by atoms with Gasteiger partial charge >= 0.3 is 5.97 Å². The minimum atomic E-state index is -1.09. The molecule has 1 heterocycles. The van der Waals surface area contributed by atoms with E-state index in [2.05, 4.69) is 15.6 Å². The van der Waals surface area contributed by atoms with Gasteiger partial charge in [-0.2, -0.15) is 0 Å². The number of carbonyl (C=O) groups excluding carboxylic acids is 2. The lowest BCUT2D eigenvalue weighted by Crippen LogP contribution is -2.14. The first-order chi connectivity index (χ1) is 15.9. The van der Waals surface area contributed by atoms with Crippen molar-refractivity contribution in [3.63, 3.8) is 0 Å². The van der Waals surface area contributed by atoms with E-state index in [4.69, 9.17) is 0 Å². The molecule has 1 aromatic heterocycles. The Labute approximate surface area is 197 Å². The number of carboxylic acids is 1. The van der Waals surface area contributed by atoms with Crippen LogP contribution < -0.4 is 10.6 Å². The SMILES string of the molecule is Cc1csc(NC(=O)CSc2cccc(NC(=O)c3cccc4cccc(C(=O)O)c34)c2)n1. The number of rotatable bonds is 7. The van der Waals surface area contributed by atoms with Crippen LogP contribution in [0.5, 0.6) is 0 Å². The highest BCUT2D eigenvalue weighted by Gasteiger charge is 2.17. The molecule has 3 aromatic carbocycles. The fourth-order valence-electron chi connectivity index (χ4n) is 3.29. The van der Waals surface area contributed by atoms with Crippen molar-refractivity contribution in [3.8, 4) is 0 Å². The summed E-state index contributed by atoms with van der Waals surface area (Å²) in [5.41, 5.74) is 1.75. The van der Waals surface area contributed by atoms with Gasteiger partial charge in [-0.25, -0.2) is 9.78 Å². The fraction of sp³-hybridized carbons (Fsp3) is 0.0833. The summed E-state index contributed by atoms with van der Waals surface area (Å²) in [5.74, 6) is -1.47. The third-order valence-electron chi connectivity index (χ3n) is 4.71. The van der Waals surface area contributed by atoms with Gasteiger partial charge < -0.3 is 15.7 Å². The number of amides is 2. The largest absolute Gasteiger partial charge is 0.478 e. The van der Waals surface area contributed by atoms with Crippen molar-refractivity contribution < 1.29 is 19.5 Å². The van der Waals surface area contributed by atoms with Crippen molar-refractivity contribution >= 4 is 62.5 Å². The molecule has 0 saturated carbocycles. The molecule has 0 fully saturated rings. The van der Waals surface area contributed by atoms with Crippen LogP contribution in [-0.4, -0.2) is 33.6 Å². The van der Waals surface area contributed by atoms with Crippen LogP contribution in [-0.2, 0) is 4.79 Å². The normalized spacial score (nSPS) is 10.7. The minimum absolute atomic E-state index is 0.0731. The maximum atomic E-state index is 13.0. The van der Waals surface area contributed by atoms with Gasteiger partial charge in [-0.15, -0.1) is 23.1 Å². The number of aromatic carboxylic acids is 1. The molecule has 4 aromatic rings. The van der Waals surface area contributed by atoms with E-state index >= 15 is 0 Å². The van der Waals surface area contributed by atoms with Crippen LogP contribution in [0.15, 0.2) is 70.9 Å². The zero-order chi connectivity index (χ0) is 23.4. The molecule has 0 bridgehead atoms. The van der Waals surface area contributed by atoms with E-state index in [0.717, 1.165) is 10.6 Å². The zero-order valence-corrected chi connectivity index (χ0v) is 19.1. The van der Waals surface area contributed by atoms with Gasteiger partial charge in [0, 0.05) is 26.9 Å². The number of hydrogen-bond acceptors (Lipinski definition) is 6. The van der Waals surface area contributed by atoms with Crippen molar-refractivity contribution in [3.05, 3.63) is 82.9 Å². The second kappa shape index (κ2) is 9.85. The molecule has 9 heteroatoms. The Bertz CT molecular complexity index is 1360. The highest BCUT2D eigenvalue weighted by atomic mass is 32.2. The summed E-state index contributed by atoms with van der Waals surface area (Å²) in [6, 6.07) is 17.1. The molecule has 0 radical (unpaired) electrons. The topological polar surface area (TPSA) is 108 Å². The molecule has 33 heavy (non-hydrogen) atoms. The van der Waals surface area contributed by atoms with Crippen molar-refractivity contribution in [1.82, 2.24) is 4.98 Å². The average Bonchev–Trinajstić information content (AvgIpc) is 3.21. The van der Waals surface area contributed by atoms with Crippen LogP contribution >= 0.6 is 23.1 Å². The van der Waals surface area contributed by atoms with Gasteiger partial charge in [-0.05, 0) is 42.6 Å². The Morgan fingerprint density at radius 2 is 1.73 bits per heavy atom. The van der Waals surface area contributed by atoms with E-state index in [1.54, 1.807) is 48.5 Å². The summed E-state index contributed by atoms with van der Waals surface area (Å²) in [6.45, 7) is 1.86. The number of aromatic nitrogens is 1. The van der Waals surface area contributed by atoms with Gasteiger partial charge in [-0.3, -0.25) is 9.59 Å². The predicted molar refractivity (Wildman–Crippen MR) is 132 cm³/mol. The summed E-state index contributed by atoms with van der Waals surface area (Å²) in [4.78, 5) is 41.9. The zero-order valence-electron chi connectivity index (χ0n) is 17.5. The van der Waals surface area contributed by atoms with Crippen molar-refractivity contribution in [1.29, 1.82) is 0 Å². The number of anilines is 2. The number of thiazole rings is 1. The highest BCUT2D eigenvalue weighted by Crippen LogP contribution is 2.26. The van der Waals surface area contributed by atoms with E-state index in [1.807, 2.05) is 18.4 Å². The van der Waals surface area contributed by atoms with E-state index in [-0.39, 0.29) is 22.8 Å². The fourth-order valence-corrected chi connectivity index (χ4v) is 4.75. The molecule has 3 N–H and O–H groups in total. The summed E-state index contributed by atoms with van der Waals surface area (Å²) in [6.07, 6.45) is 0. The maximum absolute atomic E-state index is 13.0. The van der Waals surface area contributed by atoms with Gasteiger partial charge in [0.05, 0.1) is 17.0 Å². The number of nitrogens with one attached hydrogen (secondary N) is 2. The van der Waals surface area contributed by atoms with Crippen molar-refractivity contribution in [2.75, 3.05) is 16.4 Å². The summed E-state index contributed by atoms with van der Waals surface area (Å²) >= 11 is 2.71. The Morgan fingerprint density at radius 1 is 1.00 bits per heavy atom. The van der Waals surface area contributed by atoms with Crippen LogP contribution in [0, 0.1) is 6.92 Å². The van der Waals surface area contributed by atoms with Crippen LogP contribution in [0.1, 0.15) is 26.4 Å². The van der Waals surface area contributed by atoms with E-state index in [0.29, 0.717) is 21.6 Å². The number of hydrogen-bond donors (Lipinski definition) is 3. The number of aryl methyl sites for hydroxylation is 1. The molecular weight excluding hydrogens is 458 g/mol. The van der Waals surface area contributed by atoms with Crippen LogP contribution in [0.3, 0.4) is 0 Å². The van der Waals surface area contributed by atoms with Gasteiger partial charge in [0.2, 0.25) is 5.91 Å². The summed E-state index contributed by atoms with van der Waals surface area (Å²) in [5, 5.41) is 18.6. The number of carbonyl (C=O) groups is 3. The first-order valence-corrected chi connectivity index (χ1v) is 11.8. The van der Waals surface area contributed by atoms with Crippen molar-refractivity contribution in [2.24, 2.45) is 0 Å². The third-order valence-corrected chi connectivity index (χ3v) is 6.58. The highest BCUT2D eigenvalue weighted by molar-refractivity contribution is 8.00. The third kappa shape index (κ3) is 5.39. The second-order valence-corrected chi connectivity index (χ2v) is 9.03. The standard InChI is InChI=1S/C24H19N3O4S2/c1-14-12-33-24(25-14)27-20(28)13-32-17-8-4-7-16(11-17)26-22(29)18-9-2-5-15-6-3-10-19(21(15)18)23(30)31/h2-12H,13H2,1H3,(H,26,29)(H,30,31)(H,25,27,28). The molecule has 2 amide bonds. The minimum Gasteiger partial charge on any atom is -0.478 e. The summed E-state index contributed by atoms with van der Waals surface area (Å²) < 4.78 is 0. The summed E-state index contributed by atoms with van der Waals surface area (Å²) in [7, 11) is 0. The molecule has 0 atom stereocenters. The molecule has 0 aliphatic rings. The first-order valence-electron chi connectivity index (χ1n) is 9.92. The van der Waals surface area contributed by atoms with Crippen LogP contribution in [0.2, 0.25) is 0 Å². The van der Waals surface area contributed by atoms with Gasteiger partial charge in [-0.1, -0.05) is 30.3 Å². The van der Waals surface area contributed by atoms with Gasteiger partial charge in [0.25, 0.3) is 5.91 Å². The number of benzene rings is 3. The Morgan fingerprint density at radius 3 is 2.42 bits per heavy atom. The lowest BCUT2D eigenvalue weighted by molar-refractivity contribution is -0.113. The molecular formula is C24H19N3O4S2. The molecule has 0 saturated heterocycles. The van der Waals surface area contributed by atoms with Gasteiger partial charge in [0.15, 0.2) is 5.13 Å². The smallest absolute Gasteiger partial charge is 0.336 e. The molecule has 0 spiro atoms. The first kappa shape index (κ1) is 22.5. The monoisotopic (exact) mass is 477 g/mol. The Balaban J connectivity index is 1.47. The van der Waals surface area contributed by atoms with E-state index in [1.165, 1.54) is 29.2 Å². The number of thioether (sulfide) groups is 1. The average molecular weight is 478 g/mol. The van der Waals surface area contributed by atoms with E-state index in [9.17, 15) is 19.5 Å². The molecule has 0 aliphatic heterocycles.